The van der Waals surface area contributed by atoms with Crippen LogP contribution in [-0.4, -0.2) is 37.0 Å². The fourth-order valence-corrected chi connectivity index (χ4v) is 2.85. The molecule has 1 unspecified atom stereocenters. The van der Waals surface area contributed by atoms with Gasteiger partial charge in [0.15, 0.2) is 0 Å². The predicted molar refractivity (Wildman–Crippen MR) is 93.8 cm³/mol. The predicted octanol–water partition coefficient (Wildman–Crippen LogP) is 2.81. The van der Waals surface area contributed by atoms with E-state index < -0.39 is 0 Å². The first-order valence-electron chi connectivity index (χ1n) is 8.07. The van der Waals surface area contributed by atoms with Crippen LogP contribution in [-0.2, 0) is 4.79 Å². The normalized spacial score (nSPS) is 17.5. The highest BCUT2D eigenvalue weighted by molar-refractivity contribution is 5.97. The average molecular weight is 323 g/mol. The van der Waals surface area contributed by atoms with Crippen LogP contribution < -0.4 is 10.2 Å². The lowest BCUT2D eigenvalue weighted by Crippen LogP contribution is -2.53. The lowest BCUT2D eigenvalue weighted by molar-refractivity contribution is -0.130. The highest BCUT2D eigenvalue weighted by Gasteiger charge is 2.32. The van der Waals surface area contributed by atoms with Crippen molar-refractivity contribution in [1.82, 2.24) is 10.2 Å². The van der Waals surface area contributed by atoms with Crippen LogP contribution in [0.25, 0.3) is 0 Å². The van der Waals surface area contributed by atoms with Crippen LogP contribution in [0.15, 0.2) is 60.7 Å². The fraction of sp³-hybridized carbons (Fsp3) is 0.263. The molecule has 1 N–H and O–H groups in total. The minimum atomic E-state index is -0.318. The van der Waals surface area contributed by atoms with Crippen molar-refractivity contribution in [3.63, 3.8) is 0 Å². The van der Waals surface area contributed by atoms with Gasteiger partial charge in [0.2, 0.25) is 5.91 Å². The second kappa shape index (κ2) is 7.17. The molecule has 2 aromatic carbocycles. The largest absolute Gasteiger partial charge is 0.373 e. The third kappa shape index (κ3) is 3.56. The first-order valence-corrected chi connectivity index (χ1v) is 8.07. The number of carbonyl (C=O) groups is 2. The zero-order valence-electron chi connectivity index (χ0n) is 13.7. The Balaban J connectivity index is 1.60. The van der Waals surface area contributed by atoms with Gasteiger partial charge in [0.1, 0.15) is 0 Å². The molecule has 2 aromatic rings. The second-order valence-electron chi connectivity index (χ2n) is 5.92. The van der Waals surface area contributed by atoms with Gasteiger partial charge in [0.05, 0.1) is 12.5 Å². The summed E-state index contributed by atoms with van der Waals surface area (Å²) in [5.74, 6) is -0.130. The van der Waals surface area contributed by atoms with E-state index in [1.165, 1.54) is 4.90 Å². The molecule has 1 heterocycles. The number of nitrogens with one attached hydrogen (secondary N) is 1. The summed E-state index contributed by atoms with van der Waals surface area (Å²) in [5.41, 5.74) is 2.02. The van der Waals surface area contributed by atoms with Gasteiger partial charge in [0.25, 0.3) is 0 Å². The quantitative estimate of drug-likeness (QED) is 0.920. The van der Waals surface area contributed by atoms with Crippen LogP contribution in [0, 0.1) is 0 Å². The molecule has 1 aliphatic heterocycles. The summed E-state index contributed by atoms with van der Waals surface area (Å²) < 4.78 is 0. The third-order valence-corrected chi connectivity index (χ3v) is 4.28. The first kappa shape index (κ1) is 16.1. The van der Waals surface area contributed by atoms with Crippen molar-refractivity contribution in [3.8, 4) is 0 Å². The maximum Gasteiger partial charge on any atom is 0.324 e. The molecule has 3 rings (SSSR count). The molecular formula is C19H21N3O2. The van der Waals surface area contributed by atoms with E-state index in [9.17, 15) is 9.59 Å². The minimum Gasteiger partial charge on any atom is -0.373 e. The van der Waals surface area contributed by atoms with Crippen LogP contribution in [0.5, 0.6) is 0 Å². The summed E-state index contributed by atoms with van der Waals surface area (Å²) in [6.07, 6.45) is 0.296. The highest BCUT2D eigenvalue weighted by Crippen LogP contribution is 2.22. The molecule has 1 atom stereocenters. The molecule has 5 heteroatoms. The van der Waals surface area contributed by atoms with Gasteiger partial charge in [-0.05, 0) is 17.7 Å². The Morgan fingerprint density at radius 3 is 2.29 bits per heavy atom. The van der Waals surface area contributed by atoms with Gasteiger partial charge >= 0.3 is 6.03 Å². The molecule has 124 valence electrons. The monoisotopic (exact) mass is 323 g/mol. The Morgan fingerprint density at radius 2 is 1.67 bits per heavy atom. The number of amides is 3. The average Bonchev–Trinajstić information content (AvgIpc) is 2.62. The standard InChI is InChI=1S/C19H21N3O2/c1-21(16-10-6-3-7-11-16)12-13-22-18(23)14-17(20-19(22)24)15-8-4-2-5-9-15/h2-11,17H,12-14H2,1H3,(H,20,24). The number of benzene rings is 2. The Labute approximate surface area is 141 Å². The molecule has 24 heavy (non-hydrogen) atoms. The van der Waals surface area contributed by atoms with E-state index in [2.05, 4.69) is 5.32 Å². The molecule has 5 nitrogen and oxygen atoms in total. The lowest BCUT2D eigenvalue weighted by Gasteiger charge is -2.32. The Morgan fingerprint density at radius 1 is 1.04 bits per heavy atom. The molecule has 0 radical (unpaired) electrons. The summed E-state index contributed by atoms with van der Waals surface area (Å²) in [5, 5.41) is 2.92. The van der Waals surface area contributed by atoms with Crippen molar-refractivity contribution in [2.24, 2.45) is 0 Å². The Kier molecular flexibility index (Phi) is 4.79. The van der Waals surface area contributed by atoms with E-state index in [0.717, 1.165) is 11.3 Å². The van der Waals surface area contributed by atoms with Crippen LogP contribution in [0.4, 0.5) is 10.5 Å². The first-order chi connectivity index (χ1) is 11.6. The molecular weight excluding hydrogens is 302 g/mol. The summed E-state index contributed by atoms with van der Waals surface area (Å²) >= 11 is 0. The van der Waals surface area contributed by atoms with Crippen LogP contribution >= 0.6 is 0 Å². The molecule has 0 saturated carbocycles. The van der Waals surface area contributed by atoms with Crippen molar-refractivity contribution in [3.05, 3.63) is 66.2 Å². The summed E-state index contributed by atoms with van der Waals surface area (Å²) in [7, 11) is 1.95. The van der Waals surface area contributed by atoms with Crippen LogP contribution in [0.3, 0.4) is 0 Å². The Hall–Kier alpha value is -2.82. The third-order valence-electron chi connectivity index (χ3n) is 4.28. The fourth-order valence-electron chi connectivity index (χ4n) is 2.85. The van der Waals surface area contributed by atoms with Gasteiger partial charge in [-0.1, -0.05) is 48.5 Å². The van der Waals surface area contributed by atoms with Crippen molar-refractivity contribution >= 4 is 17.6 Å². The number of anilines is 1. The van der Waals surface area contributed by atoms with Gasteiger partial charge < -0.3 is 10.2 Å². The number of carbonyl (C=O) groups excluding carboxylic acids is 2. The van der Waals surface area contributed by atoms with Gasteiger partial charge in [-0.15, -0.1) is 0 Å². The molecule has 1 fully saturated rings. The number of hydrogen-bond acceptors (Lipinski definition) is 3. The van der Waals surface area contributed by atoms with Gasteiger partial charge in [-0.2, -0.15) is 0 Å². The maximum absolute atomic E-state index is 12.4. The number of urea groups is 1. The Bertz CT molecular complexity index is 685. The molecule has 0 aromatic heterocycles. The van der Waals surface area contributed by atoms with Crippen molar-refractivity contribution in [2.75, 3.05) is 25.0 Å². The minimum absolute atomic E-state index is 0.130. The molecule has 0 bridgehead atoms. The van der Waals surface area contributed by atoms with Crippen molar-refractivity contribution in [1.29, 1.82) is 0 Å². The topological polar surface area (TPSA) is 52.6 Å². The SMILES string of the molecule is CN(CCN1C(=O)CC(c2ccccc2)NC1=O)c1ccccc1. The summed E-state index contributed by atoms with van der Waals surface area (Å²) in [6, 6.07) is 18.9. The van der Waals surface area contributed by atoms with Crippen molar-refractivity contribution in [2.45, 2.75) is 12.5 Å². The summed E-state index contributed by atoms with van der Waals surface area (Å²) in [6.45, 7) is 0.969. The number of likely N-dealkylation sites (N-methyl/N-ethyl adjacent to an activating group) is 1. The zero-order valence-corrected chi connectivity index (χ0v) is 13.7. The number of nitrogens with zero attached hydrogens (tertiary/aromatic N) is 2. The van der Waals surface area contributed by atoms with Crippen LogP contribution in [0.1, 0.15) is 18.0 Å². The van der Waals surface area contributed by atoms with Crippen molar-refractivity contribution < 1.29 is 9.59 Å². The number of para-hydroxylation sites is 1. The zero-order chi connectivity index (χ0) is 16.9. The molecule has 1 saturated heterocycles. The van der Waals surface area contributed by atoms with E-state index in [-0.39, 0.29) is 18.0 Å². The van der Waals surface area contributed by atoms with Gasteiger partial charge in [0, 0.05) is 25.8 Å². The second-order valence-corrected chi connectivity index (χ2v) is 5.92. The van der Waals surface area contributed by atoms with E-state index in [0.29, 0.717) is 19.5 Å². The van der Waals surface area contributed by atoms with Gasteiger partial charge in [-0.3, -0.25) is 9.69 Å². The van der Waals surface area contributed by atoms with Crippen LogP contribution in [0.2, 0.25) is 0 Å². The van der Waals surface area contributed by atoms with E-state index in [1.807, 2.05) is 72.6 Å². The molecule has 0 spiro atoms. The maximum atomic E-state index is 12.4. The lowest BCUT2D eigenvalue weighted by atomic mass is 10.0. The smallest absolute Gasteiger partial charge is 0.324 e. The highest BCUT2D eigenvalue weighted by atomic mass is 16.2. The number of imide groups is 1. The molecule has 0 aliphatic carbocycles. The summed E-state index contributed by atoms with van der Waals surface area (Å²) in [4.78, 5) is 28.0. The molecule has 3 amide bonds. The van der Waals surface area contributed by atoms with Gasteiger partial charge in [-0.25, -0.2) is 4.79 Å². The number of rotatable bonds is 5. The molecule has 1 aliphatic rings. The van der Waals surface area contributed by atoms with E-state index in [4.69, 9.17) is 0 Å². The number of hydrogen-bond donors (Lipinski definition) is 1. The van der Waals surface area contributed by atoms with E-state index >= 15 is 0 Å². The van der Waals surface area contributed by atoms with E-state index in [1.54, 1.807) is 0 Å².